The molecule has 1 aromatic heterocycles. The van der Waals surface area contributed by atoms with Crippen molar-refractivity contribution in [2.24, 2.45) is 0 Å². The van der Waals surface area contributed by atoms with Crippen molar-refractivity contribution in [1.82, 2.24) is 4.98 Å². The fourth-order valence-electron chi connectivity index (χ4n) is 1.37. The maximum atomic E-state index is 6.13. The molecule has 88 valence electrons. The van der Waals surface area contributed by atoms with Gasteiger partial charge < -0.3 is 4.74 Å². The van der Waals surface area contributed by atoms with Gasteiger partial charge in [0, 0.05) is 11.8 Å². The van der Waals surface area contributed by atoms with Crippen molar-refractivity contribution in [3.05, 3.63) is 49.8 Å². The van der Waals surface area contributed by atoms with Gasteiger partial charge in [-0.2, -0.15) is 0 Å². The first-order valence-corrected chi connectivity index (χ1v) is 6.81. The van der Waals surface area contributed by atoms with Gasteiger partial charge in [0.2, 0.25) is 0 Å². The fraction of sp³-hybridized carbons (Fsp3) is 0.0833. The third-order valence-corrected chi connectivity index (χ3v) is 3.88. The Morgan fingerprint density at radius 1 is 1.47 bits per heavy atom. The number of ether oxygens (including phenoxy) is 1. The molecular weight excluding hydrogens is 322 g/mol. The summed E-state index contributed by atoms with van der Waals surface area (Å²) in [7, 11) is 1.63. The number of benzene rings is 1. The quantitative estimate of drug-likeness (QED) is 0.761. The van der Waals surface area contributed by atoms with E-state index < -0.39 is 0 Å². The molecule has 0 aliphatic carbocycles. The van der Waals surface area contributed by atoms with Crippen molar-refractivity contribution in [3.8, 4) is 0 Å². The summed E-state index contributed by atoms with van der Waals surface area (Å²) in [4.78, 5) is 5.13. The minimum atomic E-state index is 0.671. The Bertz CT molecular complexity index is 553. The van der Waals surface area contributed by atoms with Gasteiger partial charge in [0.25, 0.3) is 0 Å². The van der Waals surface area contributed by atoms with E-state index in [4.69, 9.17) is 16.3 Å². The molecule has 5 heteroatoms. The minimum absolute atomic E-state index is 0.671. The van der Waals surface area contributed by atoms with E-state index in [-0.39, 0.29) is 0 Å². The van der Waals surface area contributed by atoms with Crippen LogP contribution in [0.2, 0.25) is 5.02 Å². The van der Waals surface area contributed by atoms with Crippen molar-refractivity contribution in [1.29, 1.82) is 0 Å². The lowest BCUT2D eigenvalue weighted by atomic mass is 10.2. The Morgan fingerprint density at radius 2 is 2.24 bits per heavy atom. The number of hydrogen-bond donors (Lipinski definition) is 0. The number of hydrogen-bond acceptors (Lipinski definition) is 3. The largest absolute Gasteiger partial charge is 0.496 e. The molecule has 2 rings (SSSR count). The highest BCUT2D eigenvalue weighted by molar-refractivity contribution is 9.11. The molecule has 1 aromatic carbocycles. The van der Waals surface area contributed by atoms with Crippen LogP contribution in [-0.2, 0) is 4.74 Å². The van der Waals surface area contributed by atoms with Gasteiger partial charge >= 0.3 is 0 Å². The Hall–Kier alpha value is -0.840. The molecule has 0 saturated heterocycles. The first-order valence-electron chi connectivity index (χ1n) is 4.82. The first kappa shape index (κ1) is 12.6. The van der Waals surface area contributed by atoms with Crippen molar-refractivity contribution in [2.45, 2.75) is 0 Å². The van der Waals surface area contributed by atoms with E-state index >= 15 is 0 Å². The van der Waals surface area contributed by atoms with Crippen LogP contribution in [0.1, 0.15) is 10.4 Å². The number of methoxy groups -OCH3 is 1. The Labute approximate surface area is 117 Å². The summed E-state index contributed by atoms with van der Waals surface area (Å²) in [5.41, 5.74) is 0.876. The van der Waals surface area contributed by atoms with Crippen LogP contribution in [-0.4, -0.2) is 12.1 Å². The zero-order chi connectivity index (χ0) is 12.3. The molecule has 17 heavy (non-hydrogen) atoms. The molecule has 0 N–H and O–H groups in total. The van der Waals surface area contributed by atoms with Crippen molar-refractivity contribution >= 4 is 50.7 Å². The Morgan fingerprint density at radius 3 is 2.82 bits per heavy atom. The summed E-state index contributed by atoms with van der Waals surface area (Å²) in [6.07, 6.45) is 3.70. The van der Waals surface area contributed by atoms with Gasteiger partial charge in [-0.15, -0.1) is 11.3 Å². The van der Waals surface area contributed by atoms with E-state index in [1.54, 1.807) is 13.3 Å². The van der Waals surface area contributed by atoms with Crippen LogP contribution in [0.15, 0.2) is 34.4 Å². The van der Waals surface area contributed by atoms with Gasteiger partial charge in [0.1, 0.15) is 5.76 Å². The molecule has 0 spiro atoms. The van der Waals surface area contributed by atoms with Crippen LogP contribution in [0, 0.1) is 0 Å². The second-order valence-electron chi connectivity index (χ2n) is 3.21. The average molecular weight is 331 g/mol. The molecule has 1 heterocycles. The lowest BCUT2D eigenvalue weighted by Crippen LogP contribution is -1.87. The molecule has 0 radical (unpaired) electrons. The van der Waals surface area contributed by atoms with Crippen molar-refractivity contribution in [3.63, 3.8) is 0 Å². The van der Waals surface area contributed by atoms with E-state index in [1.807, 2.05) is 30.3 Å². The summed E-state index contributed by atoms with van der Waals surface area (Å²) in [6, 6.07) is 7.58. The second kappa shape index (κ2) is 5.67. The standard InChI is InChI=1S/C12H9BrClNOS/c1-16-11(6-8-7-15-12(13)17-8)9-4-2-3-5-10(9)14/h2-7H,1H3. The Kier molecular flexibility index (Phi) is 4.20. The molecule has 2 aromatic rings. The van der Waals surface area contributed by atoms with E-state index in [1.165, 1.54) is 11.3 Å². The number of thiazole rings is 1. The van der Waals surface area contributed by atoms with Crippen LogP contribution in [0.4, 0.5) is 0 Å². The fourth-order valence-corrected chi connectivity index (χ4v) is 2.83. The summed E-state index contributed by atoms with van der Waals surface area (Å²) in [5.74, 6) is 0.728. The Balaban J connectivity index is 2.40. The number of aromatic nitrogens is 1. The van der Waals surface area contributed by atoms with Crippen molar-refractivity contribution in [2.75, 3.05) is 7.11 Å². The molecular formula is C12H9BrClNOS. The van der Waals surface area contributed by atoms with Crippen LogP contribution in [0.25, 0.3) is 11.8 Å². The lowest BCUT2D eigenvalue weighted by Gasteiger charge is -2.07. The molecule has 0 fully saturated rings. The van der Waals surface area contributed by atoms with Gasteiger partial charge in [-0.25, -0.2) is 4.98 Å². The molecule has 0 aliphatic rings. The van der Waals surface area contributed by atoms with Crippen molar-refractivity contribution < 1.29 is 4.74 Å². The third-order valence-electron chi connectivity index (χ3n) is 2.13. The third kappa shape index (κ3) is 3.09. The molecule has 0 aliphatic heterocycles. The number of rotatable bonds is 3. The van der Waals surface area contributed by atoms with Crippen LogP contribution < -0.4 is 0 Å². The minimum Gasteiger partial charge on any atom is -0.496 e. The maximum Gasteiger partial charge on any atom is 0.159 e. The van der Waals surface area contributed by atoms with Gasteiger partial charge in [-0.05, 0) is 34.1 Å². The number of halogens is 2. The zero-order valence-corrected chi connectivity index (χ0v) is 12.1. The topological polar surface area (TPSA) is 22.1 Å². The molecule has 2 nitrogen and oxygen atoms in total. The van der Waals surface area contributed by atoms with Crippen LogP contribution in [0.5, 0.6) is 0 Å². The lowest BCUT2D eigenvalue weighted by molar-refractivity contribution is 0.373. The highest BCUT2D eigenvalue weighted by Crippen LogP contribution is 2.28. The van der Waals surface area contributed by atoms with Gasteiger partial charge in [-0.3, -0.25) is 0 Å². The molecule has 0 amide bonds. The van der Waals surface area contributed by atoms with E-state index in [0.29, 0.717) is 5.02 Å². The first-order chi connectivity index (χ1) is 8.20. The predicted molar refractivity (Wildman–Crippen MR) is 76.1 cm³/mol. The molecule has 0 bridgehead atoms. The van der Waals surface area contributed by atoms with Gasteiger partial charge in [0.05, 0.1) is 17.0 Å². The number of nitrogens with zero attached hydrogens (tertiary/aromatic N) is 1. The highest BCUT2D eigenvalue weighted by Gasteiger charge is 2.07. The van der Waals surface area contributed by atoms with Crippen LogP contribution in [0.3, 0.4) is 0 Å². The van der Waals surface area contributed by atoms with E-state index in [2.05, 4.69) is 20.9 Å². The monoisotopic (exact) mass is 329 g/mol. The summed E-state index contributed by atoms with van der Waals surface area (Å²) >= 11 is 11.0. The molecule has 0 unspecified atom stereocenters. The van der Waals surface area contributed by atoms with Crippen LogP contribution >= 0.6 is 38.9 Å². The predicted octanol–water partition coefficient (Wildman–Crippen LogP) is 4.70. The SMILES string of the molecule is COC(=Cc1cnc(Br)s1)c1ccccc1Cl. The van der Waals surface area contributed by atoms with Gasteiger partial charge in [-0.1, -0.05) is 23.7 Å². The zero-order valence-electron chi connectivity index (χ0n) is 8.98. The highest BCUT2D eigenvalue weighted by atomic mass is 79.9. The summed E-state index contributed by atoms with van der Waals surface area (Å²) in [5, 5.41) is 0.671. The average Bonchev–Trinajstić information content (AvgIpc) is 2.73. The summed E-state index contributed by atoms with van der Waals surface area (Å²) in [6.45, 7) is 0. The van der Waals surface area contributed by atoms with E-state index in [0.717, 1.165) is 20.1 Å². The smallest absolute Gasteiger partial charge is 0.159 e. The molecule has 0 saturated carbocycles. The second-order valence-corrected chi connectivity index (χ2v) is 5.95. The summed E-state index contributed by atoms with van der Waals surface area (Å²) < 4.78 is 6.22. The van der Waals surface area contributed by atoms with Gasteiger partial charge in [0.15, 0.2) is 3.92 Å². The normalized spacial score (nSPS) is 11.6. The van der Waals surface area contributed by atoms with E-state index in [9.17, 15) is 0 Å². The maximum absolute atomic E-state index is 6.13. The molecule has 0 atom stereocenters.